The average molecular weight is 457 g/mol. The van der Waals surface area contributed by atoms with Gasteiger partial charge in [-0.2, -0.15) is 0 Å². The number of carbonyl (C=O) groups excluding carboxylic acids is 1. The molecule has 0 aliphatic heterocycles. The Labute approximate surface area is 171 Å². The first-order chi connectivity index (χ1) is 12.8. The molecule has 5 nitrogen and oxygen atoms in total. The lowest BCUT2D eigenvalue weighted by Crippen LogP contribution is -2.30. The highest BCUT2D eigenvalue weighted by Crippen LogP contribution is 2.27. The largest absolute Gasteiger partial charge is 0.384 e. The zero-order chi connectivity index (χ0) is 20.0. The second-order valence-corrected chi connectivity index (χ2v) is 7.21. The number of nitrogens with one attached hydrogen (secondary N) is 1. The number of rotatable bonds is 8. The van der Waals surface area contributed by atoms with E-state index >= 15 is 0 Å². The number of hydrogen-bond donors (Lipinski definition) is 2. The van der Waals surface area contributed by atoms with Crippen LogP contribution in [0.25, 0.3) is 0 Å². The molecule has 144 valence electrons. The number of halogens is 3. The number of amidine groups is 1. The van der Waals surface area contributed by atoms with Crippen molar-refractivity contribution in [2.24, 2.45) is 5.73 Å². The van der Waals surface area contributed by atoms with Gasteiger partial charge >= 0.3 is 0 Å². The summed E-state index contributed by atoms with van der Waals surface area (Å²) < 4.78 is 21.5. The summed E-state index contributed by atoms with van der Waals surface area (Å²) in [6.45, 7) is 2.29. The molecule has 2 rings (SSSR count). The Kier molecular flexibility index (Phi) is 7.77. The summed E-state index contributed by atoms with van der Waals surface area (Å²) in [6.07, 6.45) is -0.455. The maximum Gasteiger partial charge on any atom is 0.271 e. The Morgan fingerprint density at radius 3 is 2.56 bits per heavy atom. The molecule has 2 aromatic rings. The van der Waals surface area contributed by atoms with Crippen molar-refractivity contribution in [1.29, 1.82) is 5.41 Å². The van der Waals surface area contributed by atoms with Crippen LogP contribution in [0.4, 0.5) is 4.39 Å². The molecular weight excluding hydrogens is 437 g/mol. The predicted molar refractivity (Wildman–Crippen MR) is 107 cm³/mol. The number of carbonyl (C=O) groups is 1. The van der Waals surface area contributed by atoms with Crippen LogP contribution in [-0.2, 0) is 16.1 Å². The van der Waals surface area contributed by atoms with Crippen molar-refractivity contribution in [2.75, 3.05) is 6.61 Å². The highest BCUT2D eigenvalue weighted by molar-refractivity contribution is 9.10. The van der Waals surface area contributed by atoms with Gasteiger partial charge < -0.3 is 10.5 Å². The third-order valence-electron chi connectivity index (χ3n) is 3.78. The third-order valence-corrected chi connectivity index (χ3v) is 4.56. The van der Waals surface area contributed by atoms with E-state index in [-0.39, 0.29) is 17.9 Å². The Morgan fingerprint density at radius 2 is 2.00 bits per heavy atom. The number of nitrogens with two attached hydrogens (primary N) is 1. The Hall–Kier alpha value is -1.96. The van der Waals surface area contributed by atoms with Crippen LogP contribution in [0.15, 0.2) is 46.9 Å². The van der Waals surface area contributed by atoms with Crippen molar-refractivity contribution in [1.82, 2.24) is 4.42 Å². The lowest BCUT2D eigenvalue weighted by atomic mass is 10.1. The Bertz CT molecular complexity index is 817. The summed E-state index contributed by atoms with van der Waals surface area (Å²) in [7, 11) is 0. The molecule has 8 heteroatoms. The first kappa shape index (κ1) is 21.3. The molecule has 0 spiro atoms. The lowest BCUT2D eigenvalue weighted by molar-refractivity contribution is -0.140. The predicted octanol–water partition coefficient (Wildman–Crippen LogP) is 4.52. The molecule has 0 aliphatic carbocycles. The van der Waals surface area contributed by atoms with E-state index in [0.29, 0.717) is 23.1 Å². The molecule has 0 heterocycles. The van der Waals surface area contributed by atoms with Gasteiger partial charge in [0.05, 0.1) is 6.54 Å². The molecule has 0 aliphatic rings. The zero-order valence-corrected chi connectivity index (χ0v) is 17.1. The van der Waals surface area contributed by atoms with Gasteiger partial charge in [-0.3, -0.25) is 10.2 Å². The quantitative estimate of drug-likeness (QED) is 0.348. The van der Waals surface area contributed by atoms with Crippen LogP contribution >= 0.6 is 27.7 Å². The lowest BCUT2D eigenvalue weighted by Gasteiger charge is -2.23. The standard InChI is InChI=1S/C19H20BrClFN3O2/c1-2-9-27-17(15-8-7-14(20)10-16(15)22)19(26)25(21)11-12-3-5-13(6-4-12)18(23)24/h3-8,10,17H,2,9,11H2,1H3,(H3,23,24). The highest BCUT2D eigenvalue weighted by atomic mass is 79.9. The van der Waals surface area contributed by atoms with E-state index in [4.69, 9.17) is 27.7 Å². The molecule has 1 atom stereocenters. The average Bonchev–Trinajstić information content (AvgIpc) is 2.63. The van der Waals surface area contributed by atoms with Crippen LogP contribution in [0.2, 0.25) is 0 Å². The zero-order valence-electron chi connectivity index (χ0n) is 14.7. The molecule has 1 amide bonds. The van der Waals surface area contributed by atoms with Crippen LogP contribution in [0.5, 0.6) is 0 Å². The van der Waals surface area contributed by atoms with E-state index in [9.17, 15) is 9.18 Å². The van der Waals surface area contributed by atoms with E-state index < -0.39 is 17.8 Å². The number of benzene rings is 2. The summed E-state index contributed by atoms with van der Waals surface area (Å²) in [5, 5.41) is 7.40. The first-order valence-electron chi connectivity index (χ1n) is 8.30. The SMILES string of the molecule is CCCOC(C(=O)N(Cl)Cc1ccc(C(=N)N)cc1)c1ccc(Br)cc1F. The minimum absolute atomic E-state index is 0.0425. The van der Waals surface area contributed by atoms with E-state index in [1.807, 2.05) is 6.92 Å². The van der Waals surface area contributed by atoms with E-state index in [0.717, 1.165) is 9.98 Å². The number of nitrogens with zero attached hydrogens (tertiary/aromatic N) is 1. The van der Waals surface area contributed by atoms with Crippen LogP contribution in [0.3, 0.4) is 0 Å². The number of hydrogen-bond acceptors (Lipinski definition) is 3. The van der Waals surface area contributed by atoms with Gasteiger partial charge in [-0.25, -0.2) is 8.81 Å². The van der Waals surface area contributed by atoms with Gasteiger partial charge in [0.15, 0.2) is 6.10 Å². The molecule has 27 heavy (non-hydrogen) atoms. The normalized spacial score (nSPS) is 11.9. The van der Waals surface area contributed by atoms with Crippen LogP contribution in [0, 0.1) is 11.2 Å². The van der Waals surface area contributed by atoms with E-state index in [1.54, 1.807) is 30.3 Å². The molecule has 3 N–H and O–H groups in total. The summed E-state index contributed by atoms with van der Waals surface area (Å²) in [5.74, 6) is -1.14. The topological polar surface area (TPSA) is 79.4 Å². The van der Waals surface area contributed by atoms with Gasteiger partial charge in [-0.05, 0) is 24.1 Å². The van der Waals surface area contributed by atoms with Gasteiger partial charge in [0, 0.05) is 34.0 Å². The molecule has 0 saturated heterocycles. The fourth-order valence-corrected chi connectivity index (χ4v) is 2.96. The van der Waals surface area contributed by atoms with Crippen molar-refractivity contribution in [3.05, 3.63) is 69.4 Å². The second-order valence-electron chi connectivity index (χ2n) is 5.89. The number of nitrogen functional groups attached to an aromatic ring is 1. The summed E-state index contributed by atoms with van der Waals surface area (Å²) >= 11 is 9.38. The van der Waals surface area contributed by atoms with Crippen molar-refractivity contribution in [3.8, 4) is 0 Å². The van der Waals surface area contributed by atoms with Gasteiger partial charge in [0.25, 0.3) is 5.91 Å². The fourth-order valence-electron chi connectivity index (χ4n) is 2.40. The van der Waals surface area contributed by atoms with Crippen molar-refractivity contribution in [2.45, 2.75) is 26.0 Å². The summed E-state index contributed by atoms with van der Waals surface area (Å²) in [4.78, 5) is 12.8. The summed E-state index contributed by atoms with van der Waals surface area (Å²) in [5.41, 5.74) is 6.88. The maximum absolute atomic E-state index is 14.3. The number of amides is 1. The van der Waals surface area contributed by atoms with Gasteiger partial charge in [0.1, 0.15) is 11.7 Å². The van der Waals surface area contributed by atoms with Gasteiger partial charge in [0.2, 0.25) is 0 Å². The minimum atomic E-state index is -1.13. The first-order valence-corrected chi connectivity index (χ1v) is 9.43. The van der Waals surface area contributed by atoms with E-state index in [1.165, 1.54) is 12.1 Å². The van der Waals surface area contributed by atoms with Crippen LogP contribution < -0.4 is 5.73 Å². The molecule has 0 bridgehead atoms. The van der Waals surface area contributed by atoms with Gasteiger partial charge in [-0.1, -0.05) is 53.2 Å². The molecular formula is C19H20BrClFN3O2. The third kappa shape index (κ3) is 5.76. The Morgan fingerprint density at radius 1 is 1.33 bits per heavy atom. The Balaban J connectivity index is 2.19. The van der Waals surface area contributed by atoms with Crippen LogP contribution in [0.1, 0.15) is 36.1 Å². The monoisotopic (exact) mass is 455 g/mol. The summed E-state index contributed by atoms with van der Waals surface area (Å²) in [6, 6.07) is 11.2. The molecule has 0 aromatic heterocycles. The van der Waals surface area contributed by atoms with Crippen molar-refractivity contribution < 1.29 is 13.9 Å². The van der Waals surface area contributed by atoms with E-state index in [2.05, 4.69) is 15.9 Å². The number of ether oxygens (including phenoxy) is 1. The maximum atomic E-state index is 14.3. The molecule has 0 fully saturated rings. The minimum Gasteiger partial charge on any atom is -0.384 e. The highest BCUT2D eigenvalue weighted by Gasteiger charge is 2.28. The van der Waals surface area contributed by atoms with Crippen molar-refractivity contribution >= 4 is 39.4 Å². The fraction of sp³-hybridized carbons (Fsp3) is 0.263. The second kappa shape index (κ2) is 9.82. The molecule has 0 saturated carbocycles. The molecule has 1 unspecified atom stereocenters. The van der Waals surface area contributed by atoms with Crippen molar-refractivity contribution in [3.63, 3.8) is 0 Å². The smallest absolute Gasteiger partial charge is 0.271 e. The van der Waals surface area contributed by atoms with Crippen LogP contribution in [-0.4, -0.2) is 22.8 Å². The molecule has 2 aromatic carbocycles. The molecule has 0 radical (unpaired) electrons. The van der Waals surface area contributed by atoms with Gasteiger partial charge in [-0.15, -0.1) is 0 Å².